The number of anilines is 2. The molecule has 6 rings (SSSR count). The number of thiophene rings is 1. The highest BCUT2D eigenvalue weighted by Crippen LogP contribution is 2.41. The number of rotatable bonds is 8. The third-order valence-corrected chi connectivity index (χ3v) is 8.70. The van der Waals surface area contributed by atoms with E-state index < -0.39 is 0 Å². The van der Waals surface area contributed by atoms with Crippen molar-refractivity contribution < 1.29 is 4.74 Å². The fraction of sp³-hybridized carbons (Fsp3) is 0.414. The van der Waals surface area contributed by atoms with Gasteiger partial charge in [-0.05, 0) is 112 Å². The molecule has 0 bridgehead atoms. The molecule has 0 saturated carbocycles. The first-order chi connectivity index (χ1) is 17.7. The van der Waals surface area contributed by atoms with Crippen LogP contribution in [0.15, 0.2) is 48.9 Å². The average molecular weight is 500 g/mol. The first-order valence-electron chi connectivity index (χ1n) is 13.1. The Hall–Kier alpha value is -3.03. The monoisotopic (exact) mass is 499 g/mol. The summed E-state index contributed by atoms with van der Waals surface area (Å²) in [7, 11) is 0. The van der Waals surface area contributed by atoms with Gasteiger partial charge >= 0.3 is 0 Å². The molecule has 6 nitrogen and oxygen atoms in total. The standard InChI is InChI=1S/C29H33N5OS/c1-20-16-22(8-10-25(20)35-18-23-6-2-3-12-30-23)33-28-27-24-9-7-21(11-15-34-13-4-5-14-34)17-26(24)36-29(27)32-19-31-28/h2-3,6,8,10,12,16,19,21H,4-5,7,9,11,13-15,17-18H2,1H3,(H,31,32,33). The van der Waals surface area contributed by atoms with Crippen LogP contribution in [0.1, 0.15) is 47.4 Å². The van der Waals surface area contributed by atoms with Crippen molar-refractivity contribution in [1.82, 2.24) is 19.9 Å². The largest absolute Gasteiger partial charge is 0.487 e. The van der Waals surface area contributed by atoms with Crippen LogP contribution in [0.2, 0.25) is 0 Å². The first-order valence-corrected chi connectivity index (χ1v) is 13.9. The number of ether oxygens (including phenoxy) is 1. The predicted molar refractivity (Wildman–Crippen MR) is 146 cm³/mol. The zero-order chi connectivity index (χ0) is 24.3. The van der Waals surface area contributed by atoms with Crippen LogP contribution in [0.3, 0.4) is 0 Å². The predicted octanol–water partition coefficient (Wildman–Crippen LogP) is 6.31. The highest BCUT2D eigenvalue weighted by molar-refractivity contribution is 7.19. The lowest BCUT2D eigenvalue weighted by atomic mass is 9.85. The molecule has 1 fully saturated rings. The van der Waals surface area contributed by atoms with E-state index >= 15 is 0 Å². The van der Waals surface area contributed by atoms with E-state index in [0.29, 0.717) is 6.61 Å². The molecule has 4 heterocycles. The smallest absolute Gasteiger partial charge is 0.142 e. The minimum absolute atomic E-state index is 0.459. The molecule has 0 amide bonds. The van der Waals surface area contributed by atoms with Gasteiger partial charge in [-0.15, -0.1) is 11.3 Å². The minimum atomic E-state index is 0.459. The third kappa shape index (κ3) is 5.08. The molecule has 0 radical (unpaired) electrons. The van der Waals surface area contributed by atoms with Gasteiger partial charge in [0.25, 0.3) is 0 Å². The van der Waals surface area contributed by atoms with Crippen molar-refractivity contribution in [3.05, 3.63) is 70.6 Å². The Morgan fingerprint density at radius 1 is 1.11 bits per heavy atom. The van der Waals surface area contributed by atoms with Crippen LogP contribution < -0.4 is 10.1 Å². The zero-order valence-corrected chi connectivity index (χ0v) is 21.7. The minimum Gasteiger partial charge on any atom is -0.487 e. The van der Waals surface area contributed by atoms with E-state index in [4.69, 9.17) is 4.74 Å². The van der Waals surface area contributed by atoms with Gasteiger partial charge in [-0.3, -0.25) is 4.98 Å². The second kappa shape index (κ2) is 10.5. The molecule has 1 atom stereocenters. The van der Waals surface area contributed by atoms with Gasteiger partial charge in [-0.25, -0.2) is 9.97 Å². The van der Waals surface area contributed by atoms with E-state index in [1.165, 1.54) is 67.6 Å². The molecule has 186 valence electrons. The van der Waals surface area contributed by atoms with Crippen LogP contribution >= 0.6 is 11.3 Å². The molecule has 1 aromatic carbocycles. The maximum atomic E-state index is 6.01. The van der Waals surface area contributed by atoms with E-state index in [-0.39, 0.29) is 0 Å². The Labute approximate surface area is 216 Å². The molecular formula is C29H33N5OS. The second-order valence-electron chi connectivity index (χ2n) is 10.1. The van der Waals surface area contributed by atoms with Crippen molar-refractivity contribution >= 4 is 33.1 Å². The molecule has 7 heteroatoms. The van der Waals surface area contributed by atoms with Gasteiger partial charge in [0, 0.05) is 16.8 Å². The molecule has 1 saturated heterocycles. The van der Waals surface area contributed by atoms with Gasteiger partial charge in [0.15, 0.2) is 0 Å². The van der Waals surface area contributed by atoms with Gasteiger partial charge in [-0.1, -0.05) is 6.07 Å². The number of hydrogen-bond donors (Lipinski definition) is 1. The highest BCUT2D eigenvalue weighted by atomic mass is 32.1. The lowest BCUT2D eigenvalue weighted by molar-refractivity contribution is 0.291. The van der Waals surface area contributed by atoms with Crippen molar-refractivity contribution in [2.24, 2.45) is 5.92 Å². The van der Waals surface area contributed by atoms with Crippen LogP contribution in [0, 0.1) is 12.8 Å². The summed E-state index contributed by atoms with van der Waals surface area (Å²) in [4.78, 5) is 18.9. The Kier molecular flexibility index (Phi) is 6.84. The maximum absolute atomic E-state index is 6.01. The summed E-state index contributed by atoms with van der Waals surface area (Å²) in [5, 5.41) is 4.79. The molecule has 3 aromatic heterocycles. The number of nitrogens with one attached hydrogen (secondary N) is 1. The summed E-state index contributed by atoms with van der Waals surface area (Å²) >= 11 is 1.87. The molecule has 1 N–H and O–H groups in total. The number of fused-ring (bicyclic) bond motifs is 3. The van der Waals surface area contributed by atoms with Crippen molar-refractivity contribution in [2.75, 3.05) is 25.0 Å². The summed E-state index contributed by atoms with van der Waals surface area (Å²) in [6, 6.07) is 12.1. The van der Waals surface area contributed by atoms with E-state index in [9.17, 15) is 0 Å². The van der Waals surface area contributed by atoms with Crippen LogP contribution in [0.5, 0.6) is 5.75 Å². The summed E-state index contributed by atoms with van der Waals surface area (Å²) in [6.07, 6.45) is 11.1. The number of likely N-dealkylation sites (tertiary alicyclic amines) is 1. The normalized spacial score (nSPS) is 17.9. The molecule has 4 aromatic rings. The van der Waals surface area contributed by atoms with Crippen LogP contribution in [-0.4, -0.2) is 39.5 Å². The third-order valence-electron chi connectivity index (χ3n) is 7.54. The molecule has 36 heavy (non-hydrogen) atoms. The second-order valence-corrected chi connectivity index (χ2v) is 11.2. The fourth-order valence-corrected chi connectivity index (χ4v) is 6.85. The zero-order valence-electron chi connectivity index (χ0n) is 20.9. The molecule has 2 aliphatic rings. The van der Waals surface area contributed by atoms with E-state index in [2.05, 4.69) is 44.2 Å². The van der Waals surface area contributed by atoms with E-state index in [0.717, 1.165) is 45.7 Å². The fourth-order valence-electron chi connectivity index (χ4n) is 5.55. The SMILES string of the molecule is Cc1cc(Nc2ncnc3sc4c(c23)CCC(CCN2CCCC2)C4)ccc1OCc1ccccn1. The summed E-state index contributed by atoms with van der Waals surface area (Å²) in [6.45, 7) is 6.38. The van der Waals surface area contributed by atoms with Gasteiger partial charge < -0.3 is 15.0 Å². The lowest BCUT2D eigenvalue weighted by Crippen LogP contribution is -2.24. The Balaban J connectivity index is 1.16. The van der Waals surface area contributed by atoms with Crippen LogP contribution in [0.25, 0.3) is 10.2 Å². The molecular weight excluding hydrogens is 466 g/mol. The number of aryl methyl sites for hydroxylation is 2. The Morgan fingerprint density at radius 2 is 2.03 bits per heavy atom. The van der Waals surface area contributed by atoms with E-state index in [1.54, 1.807) is 12.5 Å². The summed E-state index contributed by atoms with van der Waals surface area (Å²) in [5.41, 5.74) is 4.47. The highest BCUT2D eigenvalue weighted by Gasteiger charge is 2.26. The van der Waals surface area contributed by atoms with Crippen LogP contribution in [0.4, 0.5) is 11.5 Å². The number of benzene rings is 1. The Morgan fingerprint density at radius 3 is 2.86 bits per heavy atom. The van der Waals surface area contributed by atoms with Crippen molar-refractivity contribution in [3.63, 3.8) is 0 Å². The van der Waals surface area contributed by atoms with Gasteiger partial charge in [0.05, 0.1) is 11.1 Å². The lowest BCUT2D eigenvalue weighted by Gasteiger charge is -2.24. The average Bonchev–Trinajstić information content (AvgIpc) is 3.55. The number of nitrogens with zero attached hydrogens (tertiary/aromatic N) is 4. The topological polar surface area (TPSA) is 63.2 Å². The Bertz CT molecular complexity index is 1330. The van der Waals surface area contributed by atoms with Crippen molar-refractivity contribution in [3.8, 4) is 5.75 Å². The molecule has 1 unspecified atom stereocenters. The van der Waals surface area contributed by atoms with Gasteiger partial charge in [0.1, 0.15) is 29.3 Å². The molecule has 1 aliphatic carbocycles. The van der Waals surface area contributed by atoms with E-state index in [1.807, 2.05) is 35.6 Å². The summed E-state index contributed by atoms with van der Waals surface area (Å²) < 4.78 is 6.01. The molecule has 1 aliphatic heterocycles. The van der Waals surface area contributed by atoms with Crippen molar-refractivity contribution in [2.45, 2.75) is 52.1 Å². The van der Waals surface area contributed by atoms with Gasteiger partial charge in [-0.2, -0.15) is 0 Å². The van der Waals surface area contributed by atoms with Crippen LogP contribution in [-0.2, 0) is 19.4 Å². The quantitative estimate of drug-likeness (QED) is 0.307. The maximum Gasteiger partial charge on any atom is 0.142 e. The van der Waals surface area contributed by atoms with Gasteiger partial charge in [0.2, 0.25) is 0 Å². The molecule has 0 spiro atoms. The number of aromatic nitrogens is 3. The number of hydrogen-bond acceptors (Lipinski definition) is 7. The number of pyridine rings is 1. The van der Waals surface area contributed by atoms with Crippen molar-refractivity contribution in [1.29, 1.82) is 0 Å². The first kappa shape index (κ1) is 23.4. The summed E-state index contributed by atoms with van der Waals surface area (Å²) in [5.74, 6) is 2.57.